The van der Waals surface area contributed by atoms with Gasteiger partial charge in [0.15, 0.2) is 11.5 Å². The van der Waals surface area contributed by atoms with Crippen LogP contribution in [0.25, 0.3) is 5.65 Å². The molecule has 2 aliphatic rings. The highest BCUT2D eigenvalue weighted by atomic mass is 16.1. The first-order valence-electron chi connectivity index (χ1n) is 10.7. The molecule has 1 aliphatic carbocycles. The zero-order valence-corrected chi connectivity index (χ0v) is 17.3. The zero-order chi connectivity index (χ0) is 19.7. The number of nitrogens with zero attached hydrogens (tertiary/aromatic N) is 5. The average Bonchev–Trinajstić information content (AvgIpc) is 3.13. The van der Waals surface area contributed by atoms with Crippen molar-refractivity contribution in [3.05, 3.63) is 18.0 Å². The molecule has 1 N–H and O–H groups in total. The fourth-order valence-electron chi connectivity index (χ4n) is 4.35. The Balaban J connectivity index is 1.39. The normalized spacial score (nSPS) is 19.9. The van der Waals surface area contributed by atoms with Gasteiger partial charge in [0.25, 0.3) is 0 Å². The summed E-state index contributed by atoms with van der Waals surface area (Å²) in [6.45, 7) is 8.18. The average molecular weight is 385 g/mol. The fourth-order valence-corrected chi connectivity index (χ4v) is 4.35. The van der Waals surface area contributed by atoms with Crippen molar-refractivity contribution >= 4 is 17.4 Å². The predicted molar refractivity (Wildman–Crippen MR) is 109 cm³/mol. The minimum atomic E-state index is -0.110. The molecule has 0 radical (unpaired) electrons. The van der Waals surface area contributed by atoms with Gasteiger partial charge in [-0.2, -0.15) is 4.52 Å². The highest BCUT2D eigenvalue weighted by Crippen LogP contribution is 2.25. The summed E-state index contributed by atoms with van der Waals surface area (Å²) in [4.78, 5) is 14.8. The molecule has 7 heteroatoms. The molecule has 1 saturated heterocycles. The van der Waals surface area contributed by atoms with Crippen molar-refractivity contribution in [2.45, 2.75) is 77.2 Å². The second-order valence-electron chi connectivity index (χ2n) is 9.34. The largest absolute Gasteiger partial charge is 0.355 e. The van der Waals surface area contributed by atoms with Crippen molar-refractivity contribution in [2.75, 3.05) is 18.0 Å². The van der Waals surface area contributed by atoms with E-state index in [1.165, 1.54) is 19.3 Å². The third-order valence-corrected chi connectivity index (χ3v) is 6.06. The summed E-state index contributed by atoms with van der Waals surface area (Å²) in [6, 6.07) is 4.30. The lowest BCUT2D eigenvalue weighted by Crippen LogP contribution is -2.46. The Hall–Kier alpha value is -2.18. The van der Waals surface area contributed by atoms with Gasteiger partial charge >= 0.3 is 0 Å². The summed E-state index contributed by atoms with van der Waals surface area (Å²) in [6.07, 6.45) is 7.73. The van der Waals surface area contributed by atoms with E-state index in [-0.39, 0.29) is 23.3 Å². The van der Waals surface area contributed by atoms with Gasteiger partial charge in [-0.05, 0) is 37.8 Å². The molecule has 1 aliphatic heterocycles. The number of hydrogen-bond acceptors (Lipinski definition) is 5. The Bertz CT molecular complexity index is 825. The van der Waals surface area contributed by atoms with Crippen molar-refractivity contribution in [1.29, 1.82) is 0 Å². The van der Waals surface area contributed by atoms with Crippen molar-refractivity contribution in [3.8, 4) is 0 Å². The van der Waals surface area contributed by atoms with E-state index in [2.05, 4.69) is 41.2 Å². The van der Waals surface area contributed by atoms with E-state index in [1.807, 2.05) is 16.6 Å². The number of carbonyl (C=O) groups excluding carboxylic acids is 1. The van der Waals surface area contributed by atoms with Crippen LogP contribution >= 0.6 is 0 Å². The first kappa shape index (κ1) is 19.2. The van der Waals surface area contributed by atoms with E-state index in [0.29, 0.717) is 0 Å². The molecule has 152 valence electrons. The maximum atomic E-state index is 12.5. The lowest BCUT2D eigenvalue weighted by atomic mass is 9.88. The second-order valence-corrected chi connectivity index (χ2v) is 9.34. The third-order valence-electron chi connectivity index (χ3n) is 6.06. The van der Waals surface area contributed by atoms with Gasteiger partial charge in [-0.25, -0.2) is 0 Å². The molecule has 0 unspecified atom stereocenters. The van der Waals surface area contributed by atoms with E-state index in [1.54, 1.807) is 0 Å². The molecule has 3 heterocycles. The van der Waals surface area contributed by atoms with Gasteiger partial charge in [-0.15, -0.1) is 15.3 Å². The monoisotopic (exact) mass is 384 g/mol. The zero-order valence-electron chi connectivity index (χ0n) is 17.3. The van der Waals surface area contributed by atoms with Crippen LogP contribution < -0.4 is 10.2 Å². The molecule has 0 aromatic carbocycles. The molecule has 2 aromatic rings. The number of aromatic nitrogens is 4. The summed E-state index contributed by atoms with van der Waals surface area (Å²) in [5, 5.41) is 16.7. The molecule has 2 fully saturated rings. The highest BCUT2D eigenvalue weighted by molar-refractivity contribution is 5.79. The van der Waals surface area contributed by atoms with Crippen LogP contribution in [0.3, 0.4) is 0 Å². The minimum absolute atomic E-state index is 0.110. The number of hydrogen-bond donors (Lipinski definition) is 1. The molecule has 1 saturated carbocycles. The quantitative estimate of drug-likeness (QED) is 0.880. The maximum Gasteiger partial charge on any atom is 0.223 e. The van der Waals surface area contributed by atoms with Gasteiger partial charge in [0.1, 0.15) is 5.82 Å². The van der Waals surface area contributed by atoms with Crippen LogP contribution in [0, 0.1) is 5.92 Å². The fraction of sp³-hybridized carbons (Fsp3) is 0.714. The van der Waals surface area contributed by atoms with Crippen LogP contribution in [0.5, 0.6) is 0 Å². The Morgan fingerprint density at radius 3 is 2.43 bits per heavy atom. The molecule has 4 rings (SSSR count). The lowest BCUT2D eigenvalue weighted by molar-refractivity contribution is -0.126. The Morgan fingerprint density at radius 1 is 1.04 bits per heavy atom. The van der Waals surface area contributed by atoms with Crippen LogP contribution in [-0.4, -0.2) is 44.8 Å². The van der Waals surface area contributed by atoms with Crippen LogP contribution in [0.2, 0.25) is 0 Å². The summed E-state index contributed by atoms with van der Waals surface area (Å²) >= 11 is 0. The van der Waals surface area contributed by atoms with E-state index in [4.69, 9.17) is 5.10 Å². The lowest BCUT2D eigenvalue weighted by Gasteiger charge is -2.34. The molecule has 0 bridgehead atoms. The van der Waals surface area contributed by atoms with Gasteiger partial charge in [0.2, 0.25) is 5.91 Å². The standard InChI is InChI=1S/C21H32N6O/c1-21(2,3)20-24-23-17-9-10-18(25-27(17)20)26-13-11-16(12-14-26)22-19(28)15-7-5-4-6-8-15/h9-10,15-16H,4-8,11-14H2,1-3H3,(H,22,28). The topological polar surface area (TPSA) is 75.4 Å². The number of carbonyl (C=O) groups is 1. The number of amides is 1. The predicted octanol–water partition coefficient (Wildman–Crippen LogP) is 3.09. The molecule has 0 spiro atoms. The van der Waals surface area contributed by atoms with Crippen LogP contribution in [0.1, 0.15) is 71.5 Å². The van der Waals surface area contributed by atoms with Crippen molar-refractivity contribution < 1.29 is 4.79 Å². The number of anilines is 1. The summed E-state index contributed by atoms with van der Waals surface area (Å²) in [5.74, 6) is 2.34. The first-order chi connectivity index (χ1) is 13.4. The van der Waals surface area contributed by atoms with Crippen molar-refractivity contribution in [2.24, 2.45) is 5.92 Å². The van der Waals surface area contributed by atoms with E-state index in [0.717, 1.165) is 56.1 Å². The molecule has 7 nitrogen and oxygen atoms in total. The van der Waals surface area contributed by atoms with Gasteiger partial charge < -0.3 is 10.2 Å². The molecular formula is C21H32N6O. The van der Waals surface area contributed by atoms with E-state index in [9.17, 15) is 4.79 Å². The molecule has 0 atom stereocenters. The van der Waals surface area contributed by atoms with Gasteiger partial charge in [0.05, 0.1) is 0 Å². The number of rotatable bonds is 3. The first-order valence-corrected chi connectivity index (χ1v) is 10.7. The highest BCUT2D eigenvalue weighted by Gasteiger charge is 2.27. The second kappa shape index (κ2) is 7.68. The molecular weight excluding hydrogens is 352 g/mol. The van der Waals surface area contributed by atoms with Crippen LogP contribution in [-0.2, 0) is 10.2 Å². The minimum Gasteiger partial charge on any atom is -0.355 e. The number of nitrogens with one attached hydrogen (secondary N) is 1. The third kappa shape index (κ3) is 3.98. The maximum absolute atomic E-state index is 12.5. The Kier molecular flexibility index (Phi) is 5.25. The smallest absolute Gasteiger partial charge is 0.223 e. The summed E-state index contributed by atoms with van der Waals surface area (Å²) in [5.41, 5.74) is 0.671. The SMILES string of the molecule is CC(C)(C)c1nnc2ccc(N3CCC(NC(=O)C4CCCCC4)CC3)nn12. The van der Waals surface area contributed by atoms with Gasteiger partial charge in [0, 0.05) is 30.5 Å². The van der Waals surface area contributed by atoms with E-state index < -0.39 is 0 Å². The Morgan fingerprint density at radius 2 is 1.75 bits per heavy atom. The summed E-state index contributed by atoms with van der Waals surface area (Å²) < 4.78 is 1.87. The molecule has 28 heavy (non-hydrogen) atoms. The van der Waals surface area contributed by atoms with Gasteiger partial charge in [-0.1, -0.05) is 40.0 Å². The van der Waals surface area contributed by atoms with Gasteiger partial charge in [-0.3, -0.25) is 4.79 Å². The molecule has 2 aromatic heterocycles. The van der Waals surface area contributed by atoms with Crippen LogP contribution in [0.4, 0.5) is 5.82 Å². The van der Waals surface area contributed by atoms with Crippen molar-refractivity contribution in [1.82, 2.24) is 25.1 Å². The van der Waals surface area contributed by atoms with Crippen molar-refractivity contribution in [3.63, 3.8) is 0 Å². The molecule has 1 amide bonds. The van der Waals surface area contributed by atoms with E-state index >= 15 is 0 Å². The van der Waals surface area contributed by atoms with Crippen LogP contribution in [0.15, 0.2) is 12.1 Å². The summed E-state index contributed by atoms with van der Waals surface area (Å²) in [7, 11) is 0. The Labute approximate surface area is 166 Å². The number of piperidine rings is 1. The number of fused-ring (bicyclic) bond motifs is 1.